The van der Waals surface area contributed by atoms with E-state index in [1.807, 2.05) is 47.7 Å². The van der Waals surface area contributed by atoms with Crippen LogP contribution in [0.25, 0.3) is 16.6 Å². The number of nitrogens with zero attached hydrogens (tertiary/aromatic N) is 4. The highest BCUT2D eigenvalue weighted by atomic mass is 16.3. The number of aliphatic hydroxyl groups excluding tert-OH is 1. The van der Waals surface area contributed by atoms with E-state index in [0.717, 1.165) is 35.4 Å². The molecule has 0 aliphatic carbocycles. The minimum absolute atomic E-state index is 0.189. The van der Waals surface area contributed by atoms with Crippen LogP contribution in [0.2, 0.25) is 0 Å². The van der Waals surface area contributed by atoms with Gasteiger partial charge in [-0.25, -0.2) is 4.98 Å². The third kappa shape index (κ3) is 2.87. The SMILES string of the molecule is Cc1ccc2c(c1)nc(C1=C(O)CN(c3ccc(N4CCCC4)cc3)C1=N)n2C. The molecule has 0 amide bonds. The number of amidine groups is 1. The summed E-state index contributed by atoms with van der Waals surface area (Å²) in [5, 5.41) is 19.5. The molecule has 0 unspecified atom stereocenters. The Morgan fingerprint density at radius 1 is 1.00 bits per heavy atom. The summed E-state index contributed by atoms with van der Waals surface area (Å²) in [5.41, 5.74) is 5.65. The second-order valence-corrected chi connectivity index (χ2v) is 7.95. The maximum absolute atomic E-state index is 10.7. The molecule has 3 heterocycles. The Balaban J connectivity index is 1.46. The molecular weight excluding hydrogens is 362 g/mol. The molecule has 1 saturated heterocycles. The van der Waals surface area contributed by atoms with Gasteiger partial charge in [0.25, 0.3) is 0 Å². The van der Waals surface area contributed by atoms with Crippen LogP contribution in [0.15, 0.2) is 48.2 Å². The topological polar surface area (TPSA) is 68.4 Å². The molecule has 0 saturated carbocycles. The Labute approximate surface area is 170 Å². The van der Waals surface area contributed by atoms with Crippen LogP contribution in [0.3, 0.4) is 0 Å². The number of nitrogens with one attached hydrogen (secondary N) is 1. The lowest BCUT2D eigenvalue weighted by molar-refractivity contribution is 0.411. The number of rotatable bonds is 3. The lowest BCUT2D eigenvalue weighted by atomic mass is 10.2. The standard InChI is InChI=1S/C23H25N5O/c1-15-5-10-19-18(13-15)25-23(26(19)2)21-20(29)14-28(22(21)24)17-8-6-16(7-9-17)27-11-3-4-12-27/h5-10,13,24,29H,3-4,11-12,14H2,1-2H3. The number of fused-ring (bicyclic) bond motifs is 1. The van der Waals surface area contributed by atoms with E-state index in [0.29, 0.717) is 17.9 Å². The van der Waals surface area contributed by atoms with Gasteiger partial charge < -0.3 is 19.5 Å². The van der Waals surface area contributed by atoms with E-state index in [9.17, 15) is 5.11 Å². The Morgan fingerprint density at radius 3 is 2.41 bits per heavy atom. The van der Waals surface area contributed by atoms with Crippen LogP contribution in [-0.4, -0.2) is 40.1 Å². The van der Waals surface area contributed by atoms with E-state index in [-0.39, 0.29) is 11.6 Å². The van der Waals surface area contributed by atoms with Crippen molar-refractivity contribution >= 4 is 33.8 Å². The van der Waals surface area contributed by atoms with Gasteiger partial charge in [0, 0.05) is 31.5 Å². The normalized spacial score (nSPS) is 17.2. The molecule has 3 aromatic rings. The molecule has 2 aliphatic rings. The fraction of sp³-hybridized carbons (Fsp3) is 0.304. The third-order valence-electron chi connectivity index (χ3n) is 6.00. The monoisotopic (exact) mass is 387 g/mol. The molecule has 0 atom stereocenters. The average Bonchev–Trinajstić information content (AvgIpc) is 3.41. The van der Waals surface area contributed by atoms with Gasteiger partial charge in [0.1, 0.15) is 17.4 Å². The summed E-state index contributed by atoms with van der Waals surface area (Å²) in [6, 6.07) is 14.4. The maximum Gasteiger partial charge on any atom is 0.148 e. The van der Waals surface area contributed by atoms with Crippen LogP contribution in [-0.2, 0) is 7.05 Å². The third-order valence-corrected chi connectivity index (χ3v) is 6.00. The zero-order valence-electron chi connectivity index (χ0n) is 16.8. The van der Waals surface area contributed by atoms with Gasteiger partial charge in [-0.2, -0.15) is 0 Å². The lowest BCUT2D eigenvalue weighted by Gasteiger charge is -2.22. The van der Waals surface area contributed by atoms with Crippen LogP contribution in [0.5, 0.6) is 0 Å². The Morgan fingerprint density at radius 2 is 1.69 bits per heavy atom. The lowest BCUT2D eigenvalue weighted by Crippen LogP contribution is -2.26. The summed E-state index contributed by atoms with van der Waals surface area (Å²) in [4.78, 5) is 8.95. The molecule has 0 radical (unpaired) electrons. The van der Waals surface area contributed by atoms with Gasteiger partial charge in [0.15, 0.2) is 0 Å². The number of anilines is 2. The molecule has 2 aromatic carbocycles. The average molecular weight is 387 g/mol. The van der Waals surface area contributed by atoms with Gasteiger partial charge in [-0.3, -0.25) is 5.41 Å². The maximum atomic E-state index is 10.7. The van der Waals surface area contributed by atoms with Gasteiger partial charge in [0.05, 0.1) is 23.2 Å². The fourth-order valence-corrected chi connectivity index (χ4v) is 4.39. The van der Waals surface area contributed by atoms with E-state index in [4.69, 9.17) is 10.4 Å². The minimum Gasteiger partial charge on any atom is -0.509 e. The van der Waals surface area contributed by atoms with Crippen molar-refractivity contribution in [3.05, 3.63) is 59.6 Å². The molecule has 1 aromatic heterocycles. The van der Waals surface area contributed by atoms with Gasteiger partial charge in [-0.1, -0.05) is 6.07 Å². The summed E-state index contributed by atoms with van der Waals surface area (Å²) >= 11 is 0. The van der Waals surface area contributed by atoms with Crippen molar-refractivity contribution in [3.8, 4) is 0 Å². The highest BCUT2D eigenvalue weighted by molar-refractivity contribution is 6.30. The summed E-state index contributed by atoms with van der Waals surface area (Å²) in [7, 11) is 1.93. The second-order valence-electron chi connectivity index (χ2n) is 7.95. The number of aromatic nitrogens is 2. The first-order valence-electron chi connectivity index (χ1n) is 10.1. The van der Waals surface area contributed by atoms with Crippen molar-refractivity contribution in [1.82, 2.24) is 9.55 Å². The van der Waals surface area contributed by atoms with Crippen molar-refractivity contribution in [1.29, 1.82) is 5.41 Å². The van der Waals surface area contributed by atoms with E-state index in [1.165, 1.54) is 18.5 Å². The molecule has 5 rings (SSSR count). The predicted octanol–water partition coefficient (Wildman–Crippen LogP) is 4.25. The van der Waals surface area contributed by atoms with Crippen LogP contribution in [0.4, 0.5) is 11.4 Å². The quantitative estimate of drug-likeness (QED) is 0.705. The highest BCUT2D eigenvalue weighted by Gasteiger charge is 2.32. The zero-order valence-corrected chi connectivity index (χ0v) is 16.8. The van der Waals surface area contributed by atoms with E-state index in [2.05, 4.69) is 23.1 Å². The van der Waals surface area contributed by atoms with Crippen LogP contribution < -0.4 is 9.80 Å². The van der Waals surface area contributed by atoms with Crippen molar-refractivity contribution in [3.63, 3.8) is 0 Å². The van der Waals surface area contributed by atoms with Crippen LogP contribution >= 0.6 is 0 Å². The summed E-state index contributed by atoms with van der Waals surface area (Å²) in [6.45, 7) is 4.55. The number of benzene rings is 2. The van der Waals surface area contributed by atoms with E-state index in [1.54, 1.807) is 0 Å². The van der Waals surface area contributed by atoms with Crippen molar-refractivity contribution < 1.29 is 5.11 Å². The number of aryl methyl sites for hydroxylation is 2. The molecule has 2 aliphatic heterocycles. The molecule has 2 N–H and O–H groups in total. The Bertz CT molecular complexity index is 1140. The Hall–Kier alpha value is -3.28. The highest BCUT2D eigenvalue weighted by Crippen LogP contribution is 2.33. The molecule has 29 heavy (non-hydrogen) atoms. The van der Waals surface area contributed by atoms with Crippen LogP contribution in [0.1, 0.15) is 24.2 Å². The summed E-state index contributed by atoms with van der Waals surface area (Å²) in [6.07, 6.45) is 2.49. The van der Waals surface area contributed by atoms with E-state index < -0.39 is 0 Å². The van der Waals surface area contributed by atoms with Crippen LogP contribution in [0, 0.1) is 12.3 Å². The first kappa shape index (κ1) is 17.8. The molecular formula is C23H25N5O. The molecule has 0 spiro atoms. The van der Waals surface area contributed by atoms with Gasteiger partial charge in [-0.05, 0) is 61.7 Å². The van der Waals surface area contributed by atoms with Crippen molar-refractivity contribution in [2.75, 3.05) is 29.4 Å². The zero-order chi connectivity index (χ0) is 20.1. The van der Waals surface area contributed by atoms with Crippen molar-refractivity contribution in [2.45, 2.75) is 19.8 Å². The smallest absolute Gasteiger partial charge is 0.148 e. The Kier molecular flexibility index (Phi) is 4.08. The first-order valence-corrected chi connectivity index (χ1v) is 10.1. The first-order chi connectivity index (χ1) is 14.0. The van der Waals surface area contributed by atoms with Gasteiger partial charge in [-0.15, -0.1) is 0 Å². The molecule has 1 fully saturated rings. The molecule has 0 bridgehead atoms. The number of aliphatic hydroxyl groups is 1. The minimum atomic E-state index is 0.189. The van der Waals surface area contributed by atoms with Gasteiger partial charge in [0.2, 0.25) is 0 Å². The molecule has 6 nitrogen and oxygen atoms in total. The number of hydrogen-bond donors (Lipinski definition) is 2. The van der Waals surface area contributed by atoms with Gasteiger partial charge >= 0.3 is 0 Å². The largest absolute Gasteiger partial charge is 0.509 e. The second kappa shape index (κ2) is 6.65. The predicted molar refractivity (Wildman–Crippen MR) is 118 cm³/mol. The summed E-state index contributed by atoms with van der Waals surface area (Å²) < 4.78 is 1.95. The van der Waals surface area contributed by atoms with Crippen molar-refractivity contribution in [2.24, 2.45) is 7.05 Å². The number of imidazole rings is 1. The molecule has 148 valence electrons. The summed E-state index contributed by atoms with van der Waals surface area (Å²) in [5.74, 6) is 1.10. The van der Waals surface area contributed by atoms with E-state index >= 15 is 0 Å². The fourth-order valence-electron chi connectivity index (χ4n) is 4.39. The number of hydrogen-bond acceptors (Lipinski definition) is 4. The molecule has 6 heteroatoms.